The van der Waals surface area contributed by atoms with E-state index in [0.29, 0.717) is 22.8 Å². The number of hydrogen-bond donors (Lipinski definition) is 1. The number of rotatable bonds is 4. The summed E-state index contributed by atoms with van der Waals surface area (Å²) in [5, 5.41) is 3.55. The second-order valence-electron chi connectivity index (χ2n) is 6.64. The van der Waals surface area contributed by atoms with Crippen molar-refractivity contribution in [3.8, 4) is 0 Å². The number of fused-ring (bicyclic) bond motifs is 1. The van der Waals surface area contributed by atoms with E-state index in [2.05, 4.69) is 10.3 Å². The molecule has 0 fully saturated rings. The molecule has 1 aliphatic heterocycles. The van der Waals surface area contributed by atoms with Crippen LogP contribution in [-0.4, -0.2) is 23.3 Å². The summed E-state index contributed by atoms with van der Waals surface area (Å²) in [5.41, 5.74) is 4.03. The van der Waals surface area contributed by atoms with Crippen LogP contribution in [0.4, 0.5) is 11.4 Å². The molecule has 2 amide bonds. The van der Waals surface area contributed by atoms with Crippen molar-refractivity contribution in [2.24, 2.45) is 0 Å². The first-order valence-corrected chi connectivity index (χ1v) is 9.37. The zero-order chi connectivity index (χ0) is 19.5. The average molecular weight is 392 g/mol. The van der Waals surface area contributed by atoms with Crippen LogP contribution in [0.3, 0.4) is 0 Å². The van der Waals surface area contributed by atoms with E-state index in [1.165, 1.54) is 0 Å². The monoisotopic (exact) mass is 391 g/mol. The number of pyridine rings is 1. The minimum atomic E-state index is -0.120. The Hall–Kier alpha value is -3.18. The number of nitrogens with zero attached hydrogens (tertiary/aromatic N) is 2. The van der Waals surface area contributed by atoms with Crippen LogP contribution in [0.5, 0.6) is 0 Å². The van der Waals surface area contributed by atoms with Crippen molar-refractivity contribution in [3.63, 3.8) is 0 Å². The molecule has 2 aromatic carbocycles. The fraction of sp³-hybridized carbons (Fsp3) is 0.136. The molecule has 0 atom stereocenters. The van der Waals surface area contributed by atoms with Gasteiger partial charge in [0.1, 0.15) is 0 Å². The molecule has 0 saturated carbocycles. The Labute approximate surface area is 168 Å². The maximum Gasteiger partial charge on any atom is 0.259 e. The predicted octanol–water partition coefficient (Wildman–Crippen LogP) is 4.12. The van der Waals surface area contributed by atoms with Crippen molar-refractivity contribution in [2.75, 3.05) is 16.8 Å². The highest BCUT2D eigenvalue weighted by Gasteiger charge is 2.26. The van der Waals surface area contributed by atoms with E-state index in [0.717, 1.165) is 23.2 Å². The highest BCUT2D eigenvalue weighted by atomic mass is 35.5. The molecule has 1 N–H and O–H groups in total. The van der Waals surface area contributed by atoms with Crippen molar-refractivity contribution in [1.29, 1.82) is 0 Å². The molecule has 6 heteroatoms. The Balaban J connectivity index is 1.49. The summed E-state index contributed by atoms with van der Waals surface area (Å²) >= 11 is 5.88. The van der Waals surface area contributed by atoms with E-state index < -0.39 is 0 Å². The number of nitrogens with one attached hydrogen (secondary N) is 1. The molecule has 5 nitrogen and oxygen atoms in total. The van der Waals surface area contributed by atoms with Crippen LogP contribution in [0.25, 0.3) is 0 Å². The third-order valence-electron chi connectivity index (χ3n) is 4.70. The zero-order valence-corrected chi connectivity index (χ0v) is 15.8. The highest BCUT2D eigenvalue weighted by molar-refractivity contribution is 6.30. The van der Waals surface area contributed by atoms with Gasteiger partial charge in [-0.1, -0.05) is 29.8 Å². The summed E-state index contributed by atoms with van der Waals surface area (Å²) in [6.45, 7) is 0.616. The molecule has 0 bridgehead atoms. The normalized spacial score (nSPS) is 12.5. The largest absolute Gasteiger partial charge is 0.326 e. The zero-order valence-electron chi connectivity index (χ0n) is 15.1. The van der Waals surface area contributed by atoms with Crippen LogP contribution < -0.4 is 10.2 Å². The van der Waals surface area contributed by atoms with E-state index in [1.54, 1.807) is 41.6 Å². The van der Waals surface area contributed by atoms with E-state index in [1.807, 2.05) is 30.3 Å². The smallest absolute Gasteiger partial charge is 0.259 e. The van der Waals surface area contributed by atoms with Crippen molar-refractivity contribution in [3.05, 3.63) is 88.7 Å². The molecule has 2 heterocycles. The standard InChI is InChI=1S/C22H18ClN3O2/c23-18-6-3-15(4-7-18)12-21(27)25-19-8-5-16-9-11-26(20(16)13-19)22(28)17-2-1-10-24-14-17/h1-8,10,13-14H,9,11-12H2,(H,25,27). The molecular formula is C22H18ClN3O2. The second-order valence-corrected chi connectivity index (χ2v) is 7.08. The van der Waals surface area contributed by atoms with Gasteiger partial charge < -0.3 is 10.2 Å². The Morgan fingerprint density at radius 2 is 1.93 bits per heavy atom. The quantitative estimate of drug-likeness (QED) is 0.727. The van der Waals surface area contributed by atoms with Gasteiger partial charge in [0.15, 0.2) is 0 Å². The molecule has 4 rings (SSSR count). The Bertz CT molecular complexity index is 1020. The maximum atomic E-state index is 12.8. The summed E-state index contributed by atoms with van der Waals surface area (Å²) in [7, 11) is 0. The van der Waals surface area contributed by atoms with Crippen molar-refractivity contribution < 1.29 is 9.59 Å². The summed E-state index contributed by atoms with van der Waals surface area (Å²) in [6.07, 6.45) is 4.26. The number of carbonyl (C=O) groups is 2. The van der Waals surface area contributed by atoms with Gasteiger partial charge in [-0.15, -0.1) is 0 Å². The van der Waals surface area contributed by atoms with Gasteiger partial charge in [0, 0.05) is 35.3 Å². The Kier molecular flexibility index (Phi) is 5.08. The number of halogens is 1. The third-order valence-corrected chi connectivity index (χ3v) is 4.95. The molecule has 0 radical (unpaired) electrons. The van der Waals surface area contributed by atoms with Gasteiger partial charge in [0.05, 0.1) is 12.0 Å². The molecule has 0 spiro atoms. The average Bonchev–Trinajstić information content (AvgIpc) is 3.13. The summed E-state index contributed by atoms with van der Waals surface area (Å²) in [6, 6.07) is 16.4. The third kappa shape index (κ3) is 3.89. The van der Waals surface area contributed by atoms with Crippen LogP contribution in [0.2, 0.25) is 5.02 Å². The molecule has 3 aromatic rings. The van der Waals surface area contributed by atoms with Gasteiger partial charge in [-0.2, -0.15) is 0 Å². The topological polar surface area (TPSA) is 62.3 Å². The van der Waals surface area contributed by atoms with E-state index >= 15 is 0 Å². The van der Waals surface area contributed by atoms with Crippen molar-refractivity contribution in [2.45, 2.75) is 12.8 Å². The first-order valence-electron chi connectivity index (χ1n) is 8.99. The molecule has 0 unspecified atom stereocenters. The van der Waals surface area contributed by atoms with Gasteiger partial charge in [0.2, 0.25) is 5.91 Å². The Morgan fingerprint density at radius 1 is 1.11 bits per heavy atom. The van der Waals surface area contributed by atoms with Crippen molar-refractivity contribution in [1.82, 2.24) is 4.98 Å². The number of amides is 2. The van der Waals surface area contributed by atoms with Crippen LogP contribution in [0.1, 0.15) is 21.5 Å². The molecule has 28 heavy (non-hydrogen) atoms. The van der Waals surface area contributed by atoms with Gasteiger partial charge in [-0.3, -0.25) is 14.6 Å². The first-order chi connectivity index (χ1) is 13.6. The summed E-state index contributed by atoms with van der Waals surface area (Å²) < 4.78 is 0. The van der Waals surface area contributed by atoms with Gasteiger partial charge in [0.25, 0.3) is 5.91 Å². The number of benzene rings is 2. The minimum Gasteiger partial charge on any atom is -0.326 e. The molecule has 1 aliphatic rings. The van der Waals surface area contributed by atoms with Crippen molar-refractivity contribution >= 4 is 34.8 Å². The van der Waals surface area contributed by atoms with Crippen LogP contribution >= 0.6 is 11.6 Å². The first kappa shape index (κ1) is 18.2. The van der Waals surface area contributed by atoms with Crippen LogP contribution in [-0.2, 0) is 17.6 Å². The lowest BCUT2D eigenvalue weighted by Crippen LogP contribution is -2.29. The van der Waals surface area contributed by atoms with Gasteiger partial charge in [-0.05, 0) is 53.9 Å². The highest BCUT2D eigenvalue weighted by Crippen LogP contribution is 2.32. The SMILES string of the molecule is O=C(Cc1ccc(Cl)cc1)Nc1ccc2c(c1)N(C(=O)c1cccnc1)CC2. The molecule has 1 aromatic heterocycles. The fourth-order valence-electron chi connectivity index (χ4n) is 3.31. The molecule has 140 valence electrons. The van der Waals surface area contributed by atoms with E-state index in [-0.39, 0.29) is 18.2 Å². The van der Waals surface area contributed by atoms with Gasteiger partial charge >= 0.3 is 0 Å². The van der Waals surface area contributed by atoms with E-state index in [9.17, 15) is 9.59 Å². The number of carbonyl (C=O) groups excluding carboxylic acids is 2. The lowest BCUT2D eigenvalue weighted by molar-refractivity contribution is -0.115. The van der Waals surface area contributed by atoms with Crippen LogP contribution in [0.15, 0.2) is 67.0 Å². The predicted molar refractivity (Wildman–Crippen MR) is 110 cm³/mol. The molecule has 0 aliphatic carbocycles. The molecular weight excluding hydrogens is 374 g/mol. The molecule has 0 saturated heterocycles. The summed E-state index contributed by atoms with van der Waals surface area (Å²) in [5.74, 6) is -0.207. The van der Waals surface area contributed by atoms with E-state index in [4.69, 9.17) is 11.6 Å². The lowest BCUT2D eigenvalue weighted by atomic mass is 10.1. The minimum absolute atomic E-state index is 0.0866. The Morgan fingerprint density at radius 3 is 2.68 bits per heavy atom. The maximum absolute atomic E-state index is 12.8. The fourth-order valence-corrected chi connectivity index (χ4v) is 3.43. The van der Waals surface area contributed by atoms with Gasteiger partial charge in [-0.25, -0.2) is 0 Å². The number of anilines is 2. The lowest BCUT2D eigenvalue weighted by Gasteiger charge is -2.18. The van der Waals surface area contributed by atoms with Crippen LogP contribution in [0, 0.1) is 0 Å². The summed E-state index contributed by atoms with van der Waals surface area (Å²) in [4.78, 5) is 30.9. The second kappa shape index (κ2) is 7.82. The number of aromatic nitrogens is 1. The number of hydrogen-bond acceptors (Lipinski definition) is 3.